The third kappa shape index (κ3) is 5.60. The maximum Gasteiger partial charge on any atom is 0.269 e. The number of nitrogens with one attached hydrogen (secondary N) is 2. The highest BCUT2D eigenvalue weighted by Crippen LogP contribution is 2.28. The normalized spacial score (nSPS) is 14.6. The van der Waals surface area contributed by atoms with Crippen LogP contribution in [-0.2, 0) is 26.0 Å². The number of carbonyl (C=O) groups excluding carboxylic acids is 2. The molecule has 10 heteroatoms. The van der Waals surface area contributed by atoms with Gasteiger partial charge in [-0.25, -0.2) is 8.42 Å². The van der Waals surface area contributed by atoms with E-state index in [0.29, 0.717) is 24.3 Å². The van der Waals surface area contributed by atoms with Gasteiger partial charge in [-0.15, -0.1) is 0 Å². The smallest absolute Gasteiger partial charge is 0.269 e. The number of rotatable bonds is 6. The molecule has 0 atom stereocenters. The Kier molecular flexibility index (Phi) is 7.26. The number of sulfonamides is 1. The molecule has 9 nitrogen and oxygen atoms in total. The molecule has 0 unspecified atom stereocenters. The SMILES string of the molecule is COc1ccc(CC(=O)NNC(=O)c2ccc(C)cc2)cc1S(=O)(=O)N1CCOCC1. The van der Waals surface area contributed by atoms with Gasteiger partial charge in [-0.1, -0.05) is 23.8 Å². The van der Waals surface area contributed by atoms with Crippen molar-refractivity contribution in [3.05, 3.63) is 59.2 Å². The van der Waals surface area contributed by atoms with Crippen molar-refractivity contribution in [3.63, 3.8) is 0 Å². The zero-order valence-corrected chi connectivity index (χ0v) is 18.2. The topological polar surface area (TPSA) is 114 Å². The Hall–Kier alpha value is -2.95. The number of methoxy groups -OCH3 is 1. The molecule has 2 amide bonds. The summed E-state index contributed by atoms with van der Waals surface area (Å²) in [7, 11) is -2.41. The monoisotopic (exact) mass is 447 g/mol. The summed E-state index contributed by atoms with van der Waals surface area (Å²) in [6.45, 7) is 3.06. The molecule has 0 aromatic heterocycles. The van der Waals surface area contributed by atoms with Crippen LogP contribution in [-0.4, -0.2) is 58.0 Å². The molecule has 0 aliphatic carbocycles. The van der Waals surface area contributed by atoms with E-state index < -0.39 is 21.8 Å². The largest absolute Gasteiger partial charge is 0.495 e. The lowest BCUT2D eigenvalue weighted by molar-refractivity contribution is -0.121. The first kappa shape index (κ1) is 22.7. The lowest BCUT2D eigenvalue weighted by atomic mass is 10.1. The van der Waals surface area contributed by atoms with Crippen molar-refractivity contribution < 1.29 is 27.5 Å². The lowest BCUT2D eigenvalue weighted by Crippen LogP contribution is -2.42. The summed E-state index contributed by atoms with van der Waals surface area (Å²) in [5.74, 6) is -0.734. The van der Waals surface area contributed by atoms with Gasteiger partial charge in [0.05, 0.1) is 26.7 Å². The predicted octanol–water partition coefficient (Wildman–Crippen LogP) is 1.03. The Labute approximate surface area is 181 Å². The molecule has 3 rings (SSSR count). The second-order valence-corrected chi connectivity index (χ2v) is 8.95. The van der Waals surface area contributed by atoms with Gasteiger partial charge < -0.3 is 9.47 Å². The molecule has 0 radical (unpaired) electrons. The molecule has 0 saturated carbocycles. The van der Waals surface area contributed by atoms with Crippen molar-refractivity contribution in [3.8, 4) is 5.75 Å². The van der Waals surface area contributed by atoms with Gasteiger partial charge in [0, 0.05) is 18.7 Å². The molecule has 1 aliphatic rings. The number of ether oxygens (including phenoxy) is 2. The summed E-state index contributed by atoms with van der Waals surface area (Å²) >= 11 is 0. The van der Waals surface area contributed by atoms with E-state index in [-0.39, 0.29) is 30.2 Å². The third-order valence-electron chi connectivity index (χ3n) is 4.81. The molecule has 1 heterocycles. The summed E-state index contributed by atoms with van der Waals surface area (Å²) in [4.78, 5) is 24.4. The molecule has 1 fully saturated rings. The molecule has 2 aromatic carbocycles. The molecule has 2 aromatic rings. The first-order chi connectivity index (χ1) is 14.8. The number of benzene rings is 2. The van der Waals surface area contributed by atoms with Crippen LogP contribution in [0.2, 0.25) is 0 Å². The van der Waals surface area contributed by atoms with Gasteiger partial charge in [0.25, 0.3) is 5.91 Å². The highest BCUT2D eigenvalue weighted by molar-refractivity contribution is 7.89. The van der Waals surface area contributed by atoms with Crippen LogP contribution >= 0.6 is 0 Å². The number of amides is 2. The standard InChI is InChI=1S/C21H25N3O6S/c1-15-3-6-17(7-4-15)21(26)23-22-20(25)14-16-5-8-18(29-2)19(13-16)31(27,28)24-9-11-30-12-10-24/h3-8,13H,9-12,14H2,1-2H3,(H,22,25)(H,23,26). The Morgan fingerprint density at radius 3 is 2.39 bits per heavy atom. The number of hydrazine groups is 1. The van der Waals surface area contributed by atoms with Gasteiger partial charge in [-0.2, -0.15) is 4.31 Å². The van der Waals surface area contributed by atoms with Crippen LogP contribution in [0, 0.1) is 6.92 Å². The molecular formula is C21H25N3O6S. The second kappa shape index (κ2) is 9.90. The fourth-order valence-corrected chi connectivity index (χ4v) is 4.71. The summed E-state index contributed by atoms with van der Waals surface area (Å²) in [6.07, 6.45) is -0.121. The minimum Gasteiger partial charge on any atom is -0.495 e. The van der Waals surface area contributed by atoms with Crippen molar-refractivity contribution in [2.75, 3.05) is 33.4 Å². The van der Waals surface area contributed by atoms with Gasteiger partial charge in [-0.3, -0.25) is 20.4 Å². The maximum atomic E-state index is 13.0. The number of carbonyl (C=O) groups is 2. The van der Waals surface area contributed by atoms with Crippen molar-refractivity contribution >= 4 is 21.8 Å². The molecule has 0 spiro atoms. The molecule has 31 heavy (non-hydrogen) atoms. The van der Waals surface area contributed by atoms with Crippen LogP contribution in [0.4, 0.5) is 0 Å². The van der Waals surface area contributed by atoms with E-state index in [0.717, 1.165) is 5.56 Å². The van der Waals surface area contributed by atoms with Crippen molar-refractivity contribution in [1.29, 1.82) is 0 Å². The van der Waals surface area contributed by atoms with E-state index >= 15 is 0 Å². The average molecular weight is 448 g/mol. The Bertz CT molecular complexity index is 1050. The fraction of sp³-hybridized carbons (Fsp3) is 0.333. The average Bonchev–Trinajstić information content (AvgIpc) is 2.78. The van der Waals surface area contributed by atoms with Crippen LogP contribution in [0.25, 0.3) is 0 Å². The number of hydrogen-bond donors (Lipinski definition) is 2. The van der Waals surface area contributed by atoms with Crippen LogP contribution < -0.4 is 15.6 Å². The van der Waals surface area contributed by atoms with E-state index in [1.807, 2.05) is 6.92 Å². The molecule has 1 saturated heterocycles. The van der Waals surface area contributed by atoms with Gasteiger partial charge in [0.1, 0.15) is 10.6 Å². The number of morpholine rings is 1. The van der Waals surface area contributed by atoms with Gasteiger partial charge >= 0.3 is 0 Å². The highest BCUT2D eigenvalue weighted by Gasteiger charge is 2.29. The van der Waals surface area contributed by atoms with Gasteiger partial charge in [0.15, 0.2) is 0 Å². The number of aryl methyl sites for hydroxylation is 1. The van der Waals surface area contributed by atoms with E-state index in [1.54, 1.807) is 30.3 Å². The highest BCUT2D eigenvalue weighted by atomic mass is 32.2. The zero-order chi connectivity index (χ0) is 22.4. The third-order valence-corrected chi connectivity index (χ3v) is 6.73. The minimum absolute atomic E-state index is 0.00843. The van der Waals surface area contributed by atoms with Crippen LogP contribution in [0.1, 0.15) is 21.5 Å². The molecule has 1 aliphatic heterocycles. The van der Waals surface area contributed by atoms with E-state index in [2.05, 4.69) is 10.9 Å². The lowest BCUT2D eigenvalue weighted by Gasteiger charge is -2.26. The van der Waals surface area contributed by atoms with Gasteiger partial charge in [0.2, 0.25) is 15.9 Å². The van der Waals surface area contributed by atoms with Crippen LogP contribution in [0.5, 0.6) is 5.75 Å². The number of hydrogen-bond acceptors (Lipinski definition) is 6. The summed E-state index contributed by atoms with van der Waals surface area (Å²) in [5.41, 5.74) is 6.60. The molecular weight excluding hydrogens is 422 g/mol. The van der Waals surface area contributed by atoms with Gasteiger partial charge in [-0.05, 0) is 36.8 Å². The Morgan fingerprint density at radius 1 is 1.06 bits per heavy atom. The summed E-state index contributed by atoms with van der Waals surface area (Å²) < 4.78 is 37.8. The predicted molar refractivity (Wildman–Crippen MR) is 113 cm³/mol. The fourth-order valence-electron chi connectivity index (χ4n) is 3.09. The second-order valence-electron chi connectivity index (χ2n) is 7.05. The zero-order valence-electron chi connectivity index (χ0n) is 17.4. The van der Waals surface area contributed by atoms with E-state index in [1.165, 1.54) is 23.5 Å². The Morgan fingerprint density at radius 2 is 1.74 bits per heavy atom. The molecule has 2 N–H and O–H groups in total. The Balaban J connectivity index is 1.68. The summed E-state index contributed by atoms with van der Waals surface area (Å²) in [6, 6.07) is 11.4. The first-order valence-electron chi connectivity index (χ1n) is 9.72. The summed E-state index contributed by atoms with van der Waals surface area (Å²) in [5, 5.41) is 0. The maximum absolute atomic E-state index is 13.0. The van der Waals surface area contributed by atoms with E-state index in [9.17, 15) is 18.0 Å². The molecule has 0 bridgehead atoms. The first-order valence-corrected chi connectivity index (χ1v) is 11.2. The minimum atomic E-state index is -3.80. The van der Waals surface area contributed by atoms with Crippen molar-refractivity contribution in [1.82, 2.24) is 15.2 Å². The number of nitrogens with zero attached hydrogens (tertiary/aromatic N) is 1. The van der Waals surface area contributed by atoms with Crippen molar-refractivity contribution in [2.24, 2.45) is 0 Å². The van der Waals surface area contributed by atoms with E-state index in [4.69, 9.17) is 9.47 Å². The van der Waals surface area contributed by atoms with Crippen LogP contribution in [0.15, 0.2) is 47.4 Å². The molecule has 166 valence electrons. The van der Waals surface area contributed by atoms with Crippen molar-refractivity contribution in [2.45, 2.75) is 18.2 Å². The van der Waals surface area contributed by atoms with Crippen LogP contribution in [0.3, 0.4) is 0 Å². The quantitative estimate of drug-likeness (QED) is 0.640.